The second-order valence-corrected chi connectivity index (χ2v) is 4.55. The highest BCUT2D eigenvalue weighted by Crippen LogP contribution is 2.20. The van der Waals surface area contributed by atoms with Crippen molar-refractivity contribution in [3.8, 4) is 0 Å². The fourth-order valence-corrected chi connectivity index (χ4v) is 1.98. The third-order valence-corrected chi connectivity index (χ3v) is 3.01. The fraction of sp³-hybridized carbons (Fsp3) is 0.231. The Labute approximate surface area is 114 Å². The molecule has 0 saturated carbocycles. The number of benzene rings is 1. The Morgan fingerprint density at radius 1 is 1.35 bits per heavy atom. The van der Waals surface area contributed by atoms with Crippen molar-refractivity contribution in [1.29, 1.82) is 0 Å². The van der Waals surface area contributed by atoms with Crippen molar-refractivity contribution in [1.82, 2.24) is 9.55 Å². The van der Waals surface area contributed by atoms with E-state index in [1.165, 1.54) is 22.8 Å². The van der Waals surface area contributed by atoms with Crippen LogP contribution in [0.2, 0.25) is 0 Å². The third-order valence-electron chi connectivity index (χ3n) is 3.01. The van der Waals surface area contributed by atoms with Crippen LogP contribution in [-0.2, 0) is 6.54 Å². The molecule has 7 nitrogen and oxygen atoms in total. The van der Waals surface area contributed by atoms with Crippen LogP contribution >= 0.6 is 0 Å². The van der Waals surface area contributed by atoms with Crippen LogP contribution in [0.4, 0.5) is 11.4 Å². The molecule has 1 heterocycles. The van der Waals surface area contributed by atoms with Gasteiger partial charge in [0.1, 0.15) is 0 Å². The molecule has 0 aliphatic heterocycles. The van der Waals surface area contributed by atoms with Crippen LogP contribution in [0.15, 0.2) is 29.1 Å². The normalized spacial score (nSPS) is 10.5. The smallest absolute Gasteiger partial charge is 0.348 e. The summed E-state index contributed by atoms with van der Waals surface area (Å²) < 4.78 is 1.43. The lowest BCUT2D eigenvalue weighted by molar-refractivity contribution is -0.384. The van der Waals surface area contributed by atoms with Gasteiger partial charge in [-0.15, -0.1) is 0 Å². The van der Waals surface area contributed by atoms with Gasteiger partial charge >= 0.3 is 5.69 Å². The summed E-state index contributed by atoms with van der Waals surface area (Å²) in [6.07, 6.45) is 0. The van der Waals surface area contributed by atoms with Crippen LogP contribution in [0.3, 0.4) is 0 Å². The number of nitro groups is 1. The SMILES string of the molecule is Cc1cc(C)n(Cc2cc([N+](=O)[O-])ccc2N)c(=O)n1. The second kappa shape index (κ2) is 5.12. The summed E-state index contributed by atoms with van der Waals surface area (Å²) in [5.74, 6) is 0. The molecule has 0 radical (unpaired) electrons. The van der Waals surface area contributed by atoms with Gasteiger partial charge in [0, 0.05) is 34.8 Å². The van der Waals surface area contributed by atoms with Crippen LogP contribution in [-0.4, -0.2) is 14.5 Å². The van der Waals surface area contributed by atoms with Gasteiger partial charge in [0.2, 0.25) is 0 Å². The average Bonchev–Trinajstić information content (AvgIpc) is 2.35. The molecule has 0 aliphatic rings. The zero-order valence-electron chi connectivity index (χ0n) is 11.2. The van der Waals surface area contributed by atoms with E-state index in [1.54, 1.807) is 19.9 Å². The van der Waals surface area contributed by atoms with Gasteiger partial charge in [0.25, 0.3) is 5.69 Å². The van der Waals surface area contributed by atoms with E-state index in [0.29, 0.717) is 16.9 Å². The molecular formula is C13H14N4O3. The van der Waals surface area contributed by atoms with Gasteiger partial charge in [-0.2, -0.15) is 4.98 Å². The van der Waals surface area contributed by atoms with E-state index in [0.717, 1.165) is 5.69 Å². The summed E-state index contributed by atoms with van der Waals surface area (Å²) in [4.78, 5) is 26.0. The van der Waals surface area contributed by atoms with Crippen LogP contribution in [0.1, 0.15) is 17.0 Å². The number of nitrogen functional groups attached to an aromatic ring is 1. The van der Waals surface area contributed by atoms with Crippen molar-refractivity contribution in [3.63, 3.8) is 0 Å². The van der Waals surface area contributed by atoms with Gasteiger partial charge in [-0.05, 0) is 26.0 Å². The van der Waals surface area contributed by atoms with Gasteiger partial charge in [0.05, 0.1) is 11.5 Å². The Morgan fingerprint density at radius 2 is 2.05 bits per heavy atom. The maximum absolute atomic E-state index is 11.9. The summed E-state index contributed by atoms with van der Waals surface area (Å²) in [6, 6.07) is 5.95. The van der Waals surface area contributed by atoms with Crippen LogP contribution < -0.4 is 11.4 Å². The van der Waals surface area contributed by atoms with E-state index in [4.69, 9.17) is 5.73 Å². The Bertz CT molecular complexity index is 737. The van der Waals surface area contributed by atoms with Crippen molar-refractivity contribution in [2.24, 2.45) is 0 Å². The zero-order chi connectivity index (χ0) is 14.9. The molecule has 104 valence electrons. The van der Waals surface area contributed by atoms with Crippen molar-refractivity contribution >= 4 is 11.4 Å². The number of non-ortho nitro benzene ring substituents is 1. The van der Waals surface area contributed by atoms with Crippen molar-refractivity contribution in [2.75, 3.05) is 5.73 Å². The molecule has 0 spiro atoms. The summed E-state index contributed by atoms with van der Waals surface area (Å²) >= 11 is 0. The molecular weight excluding hydrogens is 260 g/mol. The van der Waals surface area contributed by atoms with Gasteiger partial charge < -0.3 is 5.73 Å². The molecule has 2 aromatic rings. The van der Waals surface area contributed by atoms with Crippen molar-refractivity contribution in [2.45, 2.75) is 20.4 Å². The number of anilines is 1. The number of aryl methyl sites for hydroxylation is 2. The topological polar surface area (TPSA) is 104 Å². The van der Waals surface area contributed by atoms with E-state index < -0.39 is 10.6 Å². The number of aromatic nitrogens is 2. The molecule has 0 saturated heterocycles. The predicted molar refractivity (Wildman–Crippen MR) is 74.6 cm³/mol. The molecule has 0 aliphatic carbocycles. The number of nitro benzene ring substituents is 1. The number of hydrogen-bond acceptors (Lipinski definition) is 5. The fourth-order valence-electron chi connectivity index (χ4n) is 1.98. The highest BCUT2D eigenvalue weighted by Gasteiger charge is 2.11. The number of hydrogen-bond donors (Lipinski definition) is 1. The van der Waals surface area contributed by atoms with E-state index in [2.05, 4.69) is 4.98 Å². The molecule has 2 rings (SSSR count). The summed E-state index contributed by atoms with van der Waals surface area (Å²) in [6.45, 7) is 3.68. The average molecular weight is 274 g/mol. The first kappa shape index (κ1) is 13.7. The maximum Gasteiger partial charge on any atom is 0.348 e. The largest absolute Gasteiger partial charge is 0.398 e. The Hall–Kier alpha value is -2.70. The number of nitrogens with two attached hydrogens (primary N) is 1. The lowest BCUT2D eigenvalue weighted by atomic mass is 10.1. The molecule has 1 aromatic carbocycles. The molecule has 0 amide bonds. The summed E-state index contributed by atoms with van der Waals surface area (Å²) in [5, 5.41) is 10.8. The van der Waals surface area contributed by atoms with E-state index in [9.17, 15) is 14.9 Å². The maximum atomic E-state index is 11.9. The molecule has 7 heteroatoms. The van der Waals surface area contributed by atoms with Gasteiger partial charge in [-0.25, -0.2) is 4.79 Å². The lowest BCUT2D eigenvalue weighted by Crippen LogP contribution is -2.26. The summed E-state index contributed by atoms with van der Waals surface area (Å²) in [5.41, 5.74) is 7.65. The molecule has 2 N–H and O–H groups in total. The Balaban J connectivity index is 2.47. The minimum atomic E-state index is -0.494. The predicted octanol–water partition coefficient (Wildman–Crippen LogP) is 1.40. The third kappa shape index (κ3) is 2.66. The van der Waals surface area contributed by atoms with E-state index in [-0.39, 0.29) is 12.2 Å². The molecule has 20 heavy (non-hydrogen) atoms. The first-order valence-electron chi connectivity index (χ1n) is 5.96. The zero-order valence-corrected chi connectivity index (χ0v) is 11.2. The monoisotopic (exact) mass is 274 g/mol. The Morgan fingerprint density at radius 3 is 2.65 bits per heavy atom. The molecule has 1 aromatic heterocycles. The van der Waals surface area contributed by atoms with E-state index in [1.807, 2.05) is 0 Å². The molecule has 0 unspecified atom stereocenters. The van der Waals surface area contributed by atoms with Gasteiger partial charge in [-0.3, -0.25) is 14.7 Å². The number of nitrogens with zero attached hydrogens (tertiary/aromatic N) is 3. The van der Waals surface area contributed by atoms with Gasteiger partial charge in [0.15, 0.2) is 0 Å². The minimum Gasteiger partial charge on any atom is -0.398 e. The Kier molecular flexibility index (Phi) is 3.51. The highest BCUT2D eigenvalue weighted by molar-refractivity contribution is 5.52. The van der Waals surface area contributed by atoms with Crippen molar-refractivity contribution < 1.29 is 4.92 Å². The van der Waals surface area contributed by atoms with Gasteiger partial charge in [-0.1, -0.05) is 0 Å². The quantitative estimate of drug-likeness (QED) is 0.517. The number of rotatable bonds is 3. The van der Waals surface area contributed by atoms with Crippen LogP contribution in [0.5, 0.6) is 0 Å². The van der Waals surface area contributed by atoms with Crippen LogP contribution in [0, 0.1) is 24.0 Å². The standard InChI is InChI=1S/C13H14N4O3/c1-8-5-9(2)16(13(18)15-8)7-10-6-11(17(19)20)3-4-12(10)14/h3-6H,7,14H2,1-2H3. The van der Waals surface area contributed by atoms with E-state index >= 15 is 0 Å². The second-order valence-electron chi connectivity index (χ2n) is 4.55. The molecule has 0 fully saturated rings. The molecule has 0 bridgehead atoms. The summed E-state index contributed by atoms with van der Waals surface area (Å²) in [7, 11) is 0. The minimum absolute atomic E-state index is 0.0556. The first-order valence-corrected chi connectivity index (χ1v) is 5.96. The first-order chi connectivity index (χ1) is 9.38. The molecule has 0 atom stereocenters. The lowest BCUT2D eigenvalue weighted by Gasteiger charge is -2.11. The highest BCUT2D eigenvalue weighted by atomic mass is 16.6. The van der Waals surface area contributed by atoms with Crippen molar-refractivity contribution in [3.05, 3.63) is 61.8 Å². The van der Waals surface area contributed by atoms with Crippen LogP contribution in [0.25, 0.3) is 0 Å².